The molecule has 7 heteroatoms. The molecule has 166 valence electrons. The second kappa shape index (κ2) is 8.01. The van der Waals surface area contributed by atoms with Crippen molar-refractivity contribution < 1.29 is 4.39 Å². The third-order valence-corrected chi connectivity index (χ3v) is 6.60. The number of aromatic nitrogens is 4. The van der Waals surface area contributed by atoms with Crippen LogP contribution < -0.4 is 5.56 Å². The van der Waals surface area contributed by atoms with Crippen LogP contribution in [-0.2, 0) is 6.54 Å². The lowest BCUT2D eigenvalue weighted by molar-refractivity contribution is 0.221. The minimum absolute atomic E-state index is 0.219. The zero-order valence-electron chi connectivity index (χ0n) is 18.1. The van der Waals surface area contributed by atoms with Crippen LogP contribution in [0, 0.1) is 5.82 Å². The fraction of sp³-hybridized carbons (Fsp3) is 0.231. The van der Waals surface area contributed by atoms with Gasteiger partial charge in [0.2, 0.25) is 0 Å². The third-order valence-electron chi connectivity index (χ3n) is 6.60. The molecule has 0 unspecified atom stereocenters. The molecule has 1 saturated heterocycles. The van der Waals surface area contributed by atoms with Crippen molar-refractivity contribution in [2.24, 2.45) is 0 Å². The molecule has 0 bridgehead atoms. The van der Waals surface area contributed by atoms with Crippen molar-refractivity contribution in [3.8, 4) is 22.4 Å². The molecule has 0 spiro atoms. The Morgan fingerprint density at radius 2 is 1.79 bits per heavy atom. The van der Waals surface area contributed by atoms with Crippen LogP contribution >= 0.6 is 0 Å². The summed E-state index contributed by atoms with van der Waals surface area (Å²) in [4.78, 5) is 21.3. The van der Waals surface area contributed by atoms with Crippen molar-refractivity contribution in [2.45, 2.75) is 25.8 Å². The molecule has 0 radical (unpaired) electrons. The van der Waals surface area contributed by atoms with Gasteiger partial charge in [0.1, 0.15) is 0 Å². The first kappa shape index (κ1) is 19.9. The largest absolute Gasteiger partial charge is 0.352 e. The highest BCUT2D eigenvalue weighted by molar-refractivity contribution is 5.91. The number of aromatic amines is 3. The summed E-state index contributed by atoms with van der Waals surface area (Å²) in [5, 5.41) is 8.15. The standard InChI is InChI=1S/C26H24FN5O/c27-24-20-10-16(15-32-8-2-1-3-9-32)4-6-23(20)30-25(24)21-12-18-11-17(19-13-28-29-14-19)5-7-22(18)31-26(21)33/h4-7,10-14,30H,1-3,8-9,15H2,(H,28,29)(H,31,33). The van der Waals surface area contributed by atoms with Crippen molar-refractivity contribution in [3.63, 3.8) is 0 Å². The lowest BCUT2D eigenvalue weighted by Crippen LogP contribution is -2.29. The van der Waals surface area contributed by atoms with Gasteiger partial charge in [-0.3, -0.25) is 14.8 Å². The topological polar surface area (TPSA) is 80.6 Å². The van der Waals surface area contributed by atoms with Gasteiger partial charge in [-0.2, -0.15) is 5.10 Å². The van der Waals surface area contributed by atoms with Gasteiger partial charge >= 0.3 is 0 Å². The number of rotatable bonds is 4. The van der Waals surface area contributed by atoms with E-state index < -0.39 is 0 Å². The molecule has 1 aliphatic rings. The number of piperidine rings is 1. The highest BCUT2D eigenvalue weighted by Crippen LogP contribution is 2.30. The van der Waals surface area contributed by atoms with Gasteiger partial charge in [-0.05, 0) is 72.8 Å². The molecule has 4 heterocycles. The van der Waals surface area contributed by atoms with Gasteiger partial charge in [-0.25, -0.2) is 4.39 Å². The molecule has 33 heavy (non-hydrogen) atoms. The van der Waals surface area contributed by atoms with Crippen molar-refractivity contribution >= 4 is 21.8 Å². The monoisotopic (exact) mass is 441 g/mol. The first-order valence-corrected chi connectivity index (χ1v) is 11.3. The van der Waals surface area contributed by atoms with Gasteiger partial charge < -0.3 is 9.97 Å². The lowest BCUT2D eigenvalue weighted by atomic mass is 10.0. The van der Waals surface area contributed by atoms with Gasteiger partial charge in [0.15, 0.2) is 5.82 Å². The number of fused-ring (bicyclic) bond motifs is 2. The third kappa shape index (κ3) is 3.64. The van der Waals surface area contributed by atoms with E-state index in [1.807, 2.05) is 42.6 Å². The molecule has 6 rings (SSSR count). The number of benzene rings is 2. The molecule has 0 atom stereocenters. The van der Waals surface area contributed by atoms with Gasteiger partial charge in [0.05, 0.1) is 17.5 Å². The van der Waals surface area contributed by atoms with E-state index in [0.717, 1.165) is 41.7 Å². The predicted octanol–water partition coefficient (Wildman–Crippen LogP) is 5.19. The van der Waals surface area contributed by atoms with E-state index in [1.165, 1.54) is 19.3 Å². The average molecular weight is 442 g/mol. The first-order valence-electron chi connectivity index (χ1n) is 11.3. The number of hydrogen-bond acceptors (Lipinski definition) is 3. The molecule has 1 fully saturated rings. The summed E-state index contributed by atoms with van der Waals surface area (Å²) >= 11 is 0. The van der Waals surface area contributed by atoms with E-state index in [2.05, 4.69) is 25.1 Å². The van der Waals surface area contributed by atoms with Gasteiger partial charge in [-0.1, -0.05) is 18.6 Å². The Morgan fingerprint density at radius 3 is 2.61 bits per heavy atom. The predicted molar refractivity (Wildman–Crippen MR) is 129 cm³/mol. The minimum Gasteiger partial charge on any atom is -0.352 e. The maximum absolute atomic E-state index is 15.5. The molecule has 0 aliphatic carbocycles. The summed E-state index contributed by atoms with van der Waals surface area (Å²) in [6.45, 7) is 3.00. The van der Waals surface area contributed by atoms with E-state index in [0.29, 0.717) is 16.4 Å². The Morgan fingerprint density at radius 1 is 0.939 bits per heavy atom. The zero-order valence-corrected chi connectivity index (χ0v) is 18.1. The van der Waals surface area contributed by atoms with E-state index in [4.69, 9.17) is 0 Å². The number of nitrogens with zero attached hydrogens (tertiary/aromatic N) is 2. The molecule has 6 nitrogen and oxygen atoms in total. The highest BCUT2D eigenvalue weighted by atomic mass is 19.1. The molecule has 3 N–H and O–H groups in total. The number of pyridine rings is 1. The number of hydrogen-bond donors (Lipinski definition) is 3. The quantitative estimate of drug-likeness (QED) is 0.359. The van der Waals surface area contributed by atoms with Crippen LogP contribution in [0.25, 0.3) is 44.2 Å². The summed E-state index contributed by atoms with van der Waals surface area (Å²) in [5.74, 6) is -0.388. The van der Waals surface area contributed by atoms with Crippen molar-refractivity contribution in [1.29, 1.82) is 0 Å². The summed E-state index contributed by atoms with van der Waals surface area (Å²) < 4.78 is 15.5. The SMILES string of the molecule is O=c1[nH]c2ccc(-c3cn[nH]c3)cc2cc1-c1[nH]c2ccc(CN3CCCCC3)cc2c1F. The number of H-pyrrole nitrogens is 3. The molecule has 3 aromatic heterocycles. The van der Waals surface area contributed by atoms with Crippen molar-refractivity contribution in [2.75, 3.05) is 13.1 Å². The van der Waals surface area contributed by atoms with Gasteiger partial charge in [-0.15, -0.1) is 0 Å². The normalized spacial score (nSPS) is 14.9. The molecular weight excluding hydrogens is 417 g/mol. The number of likely N-dealkylation sites (tertiary alicyclic amines) is 1. The molecule has 0 amide bonds. The summed E-state index contributed by atoms with van der Waals surface area (Å²) in [6, 6.07) is 13.4. The molecule has 2 aromatic carbocycles. The Balaban J connectivity index is 1.41. The number of halogens is 1. The van der Waals surface area contributed by atoms with E-state index in [-0.39, 0.29) is 22.6 Å². The van der Waals surface area contributed by atoms with Crippen molar-refractivity contribution in [3.05, 3.63) is 76.6 Å². The maximum Gasteiger partial charge on any atom is 0.257 e. The van der Waals surface area contributed by atoms with Crippen LogP contribution in [0.1, 0.15) is 24.8 Å². The maximum atomic E-state index is 15.5. The van der Waals surface area contributed by atoms with Crippen LogP contribution in [0.2, 0.25) is 0 Å². The molecule has 5 aromatic rings. The van der Waals surface area contributed by atoms with Gasteiger partial charge in [0, 0.05) is 34.7 Å². The van der Waals surface area contributed by atoms with E-state index >= 15 is 4.39 Å². The van der Waals surface area contributed by atoms with E-state index in [1.54, 1.807) is 12.3 Å². The highest BCUT2D eigenvalue weighted by Gasteiger charge is 2.18. The second-order valence-corrected chi connectivity index (χ2v) is 8.83. The van der Waals surface area contributed by atoms with Gasteiger partial charge in [0.25, 0.3) is 5.56 Å². The Labute approximate surface area is 189 Å². The summed E-state index contributed by atoms with van der Waals surface area (Å²) in [5.41, 5.74) is 4.59. The smallest absolute Gasteiger partial charge is 0.257 e. The van der Waals surface area contributed by atoms with Crippen molar-refractivity contribution in [1.82, 2.24) is 25.1 Å². The minimum atomic E-state index is -0.388. The zero-order chi connectivity index (χ0) is 22.4. The average Bonchev–Trinajstić information content (AvgIpc) is 3.48. The Bertz CT molecular complexity index is 1510. The Kier molecular flexibility index (Phi) is 4.84. The molecule has 1 aliphatic heterocycles. The molecular formula is C26H24FN5O. The van der Waals surface area contributed by atoms with Crippen LogP contribution in [0.3, 0.4) is 0 Å². The second-order valence-electron chi connectivity index (χ2n) is 8.83. The van der Waals surface area contributed by atoms with Crippen LogP contribution in [-0.4, -0.2) is 38.2 Å². The van der Waals surface area contributed by atoms with Crippen LogP contribution in [0.4, 0.5) is 4.39 Å². The van der Waals surface area contributed by atoms with Crippen LogP contribution in [0.5, 0.6) is 0 Å². The summed E-state index contributed by atoms with van der Waals surface area (Å²) in [7, 11) is 0. The van der Waals surface area contributed by atoms with Crippen LogP contribution in [0.15, 0.2) is 59.7 Å². The molecule has 0 saturated carbocycles. The lowest BCUT2D eigenvalue weighted by Gasteiger charge is -2.26. The fourth-order valence-electron chi connectivity index (χ4n) is 4.85. The number of nitrogens with one attached hydrogen (secondary N) is 3. The Hall–Kier alpha value is -3.71. The first-order chi connectivity index (χ1) is 16.2. The fourth-order valence-corrected chi connectivity index (χ4v) is 4.85. The summed E-state index contributed by atoms with van der Waals surface area (Å²) in [6.07, 6.45) is 7.28. The van der Waals surface area contributed by atoms with E-state index in [9.17, 15) is 4.79 Å².